The maximum absolute atomic E-state index is 12.5. The lowest BCUT2D eigenvalue weighted by molar-refractivity contribution is -0.153. The summed E-state index contributed by atoms with van der Waals surface area (Å²) in [5, 5.41) is 9.14. The monoisotopic (exact) mass is 265 g/mol. The Morgan fingerprint density at radius 3 is 2.42 bits per heavy atom. The molecule has 0 spiro atoms. The Hall–Kier alpha value is -1.12. The first-order valence-corrected chi connectivity index (χ1v) is 6.99. The van der Waals surface area contributed by atoms with Crippen LogP contribution >= 0.6 is 0 Å². The van der Waals surface area contributed by atoms with E-state index in [-0.39, 0.29) is 5.91 Å². The van der Waals surface area contributed by atoms with Gasteiger partial charge < -0.3 is 9.64 Å². The van der Waals surface area contributed by atoms with E-state index in [0.29, 0.717) is 19.7 Å². The fourth-order valence-corrected chi connectivity index (χ4v) is 2.82. The second kappa shape index (κ2) is 5.10. The van der Waals surface area contributed by atoms with E-state index in [9.17, 15) is 4.79 Å². The third-order valence-corrected chi connectivity index (χ3v) is 4.30. The zero-order valence-corrected chi connectivity index (χ0v) is 12.1. The number of rotatable bonds is 2. The number of nitriles is 1. The van der Waals surface area contributed by atoms with E-state index in [1.54, 1.807) is 0 Å². The van der Waals surface area contributed by atoms with Gasteiger partial charge in [-0.15, -0.1) is 0 Å². The van der Waals surface area contributed by atoms with E-state index in [4.69, 9.17) is 10.00 Å². The molecule has 0 bridgehead atoms. The zero-order valence-electron chi connectivity index (χ0n) is 12.1. The maximum Gasteiger partial charge on any atom is 0.254 e. The highest BCUT2D eigenvalue weighted by Crippen LogP contribution is 2.28. The van der Waals surface area contributed by atoms with Gasteiger partial charge >= 0.3 is 0 Å². The standard InChI is InChI=1S/C14H23N3O2/c1-13(2,11-15)17-8-6-16(7-9-17)12(18)14(3)5-4-10-19-14/h4-10H2,1-3H3. The molecule has 0 saturated carbocycles. The zero-order chi connectivity index (χ0) is 14.1. The van der Waals surface area contributed by atoms with Crippen molar-refractivity contribution in [1.29, 1.82) is 5.26 Å². The average Bonchev–Trinajstić information content (AvgIpc) is 2.86. The Labute approximate surface area is 115 Å². The molecule has 2 saturated heterocycles. The molecule has 2 aliphatic rings. The molecule has 2 aliphatic heterocycles. The molecule has 5 nitrogen and oxygen atoms in total. The van der Waals surface area contributed by atoms with Gasteiger partial charge in [0.2, 0.25) is 0 Å². The summed E-state index contributed by atoms with van der Waals surface area (Å²) in [6, 6.07) is 2.32. The molecule has 0 aliphatic carbocycles. The van der Waals surface area contributed by atoms with Crippen molar-refractivity contribution in [1.82, 2.24) is 9.80 Å². The topological polar surface area (TPSA) is 56.6 Å². The minimum Gasteiger partial charge on any atom is -0.365 e. The molecular formula is C14H23N3O2. The fraction of sp³-hybridized carbons (Fsp3) is 0.857. The highest BCUT2D eigenvalue weighted by atomic mass is 16.5. The van der Waals surface area contributed by atoms with Crippen molar-refractivity contribution in [3.63, 3.8) is 0 Å². The number of carbonyl (C=O) groups excluding carboxylic acids is 1. The van der Waals surface area contributed by atoms with Gasteiger partial charge in [0, 0.05) is 32.8 Å². The normalized spacial score (nSPS) is 29.3. The highest BCUT2D eigenvalue weighted by molar-refractivity contribution is 5.85. The van der Waals surface area contributed by atoms with E-state index in [2.05, 4.69) is 11.0 Å². The summed E-state index contributed by atoms with van der Waals surface area (Å²) < 4.78 is 5.61. The molecule has 0 aromatic carbocycles. The number of carbonyl (C=O) groups is 1. The lowest BCUT2D eigenvalue weighted by Gasteiger charge is -2.42. The van der Waals surface area contributed by atoms with Gasteiger partial charge in [-0.3, -0.25) is 9.69 Å². The second-order valence-electron chi connectivity index (χ2n) is 6.13. The van der Waals surface area contributed by atoms with Gasteiger partial charge in [-0.25, -0.2) is 0 Å². The van der Waals surface area contributed by atoms with Gasteiger partial charge in [0.1, 0.15) is 11.1 Å². The SMILES string of the molecule is CC1(C(=O)N2CCN(C(C)(C)C#N)CC2)CCCO1. The molecule has 1 atom stereocenters. The predicted molar refractivity (Wildman–Crippen MR) is 71.4 cm³/mol. The Balaban J connectivity index is 1.94. The van der Waals surface area contributed by atoms with Crippen LogP contribution < -0.4 is 0 Å². The first kappa shape index (κ1) is 14.3. The van der Waals surface area contributed by atoms with Crippen molar-refractivity contribution >= 4 is 5.91 Å². The van der Waals surface area contributed by atoms with Crippen molar-refractivity contribution < 1.29 is 9.53 Å². The number of nitrogens with zero attached hydrogens (tertiary/aromatic N) is 3. The van der Waals surface area contributed by atoms with Gasteiger partial charge in [0.15, 0.2) is 0 Å². The molecular weight excluding hydrogens is 242 g/mol. The van der Waals surface area contributed by atoms with Crippen molar-refractivity contribution in [3.05, 3.63) is 0 Å². The third-order valence-electron chi connectivity index (χ3n) is 4.30. The lowest BCUT2D eigenvalue weighted by atomic mass is 9.99. The van der Waals surface area contributed by atoms with Gasteiger partial charge in [-0.1, -0.05) is 0 Å². The largest absolute Gasteiger partial charge is 0.365 e. The molecule has 1 amide bonds. The van der Waals surface area contributed by atoms with Crippen LogP contribution in [-0.4, -0.2) is 59.6 Å². The molecule has 0 radical (unpaired) electrons. The van der Waals surface area contributed by atoms with E-state index in [1.807, 2.05) is 25.7 Å². The van der Waals surface area contributed by atoms with Crippen LogP contribution in [0.5, 0.6) is 0 Å². The molecule has 2 rings (SSSR count). The first-order valence-electron chi connectivity index (χ1n) is 6.99. The quantitative estimate of drug-likeness (QED) is 0.747. The van der Waals surface area contributed by atoms with Crippen LogP contribution in [0.4, 0.5) is 0 Å². The Morgan fingerprint density at radius 2 is 1.95 bits per heavy atom. The van der Waals surface area contributed by atoms with Crippen LogP contribution in [0.1, 0.15) is 33.6 Å². The van der Waals surface area contributed by atoms with Crippen molar-refractivity contribution in [2.24, 2.45) is 0 Å². The molecule has 0 aromatic rings. The summed E-state index contributed by atoms with van der Waals surface area (Å²) in [4.78, 5) is 16.5. The summed E-state index contributed by atoms with van der Waals surface area (Å²) in [6.45, 7) is 9.30. The van der Waals surface area contributed by atoms with Crippen LogP contribution in [0.2, 0.25) is 0 Å². The summed E-state index contributed by atoms with van der Waals surface area (Å²) in [5.41, 5.74) is -1.07. The number of amides is 1. The lowest BCUT2D eigenvalue weighted by Crippen LogP contribution is -2.58. The second-order valence-corrected chi connectivity index (χ2v) is 6.13. The molecule has 0 aromatic heterocycles. The summed E-state index contributed by atoms with van der Waals surface area (Å²) in [6.07, 6.45) is 1.78. The van der Waals surface area contributed by atoms with Gasteiger partial charge in [-0.05, 0) is 33.6 Å². The molecule has 5 heteroatoms. The first-order chi connectivity index (χ1) is 8.89. The molecule has 1 unspecified atom stereocenters. The molecule has 106 valence electrons. The Kier molecular flexibility index (Phi) is 3.84. The molecule has 2 heterocycles. The van der Waals surface area contributed by atoms with Crippen LogP contribution in [0.3, 0.4) is 0 Å². The van der Waals surface area contributed by atoms with Crippen molar-refractivity contribution in [2.75, 3.05) is 32.8 Å². The Morgan fingerprint density at radius 1 is 1.32 bits per heavy atom. The minimum atomic E-state index is -0.618. The Bertz CT molecular complexity index is 386. The number of piperazine rings is 1. The van der Waals surface area contributed by atoms with Crippen LogP contribution in [0.15, 0.2) is 0 Å². The summed E-state index contributed by atoms with van der Waals surface area (Å²) in [7, 11) is 0. The van der Waals surface area contributed by atoms with Crippen LogP contribution in [-0.2, 0) is 9.53 Å². The smallest absolute Gasteiger partial charge is 0.254 e. The minimum absolute atomic E-state index is 0.111. The van der Waals surface area contributed by atoms with E-state index in [0.717, 1.165) is 25.9 Å². The number of hydrogen-bond acceptors (Lipinski definition) is 4. The van der Waals surface area contributed by atoms with E-state index < -0.39 is 11.1 Å². The summed E-state index contributed by atoms with van der Waals surface area (Å²) >= 11 is 0. The van der Waals surface area contributed by atoms with E-state index >= 15 is 0 Å². The third kappa shape index (κ3) is 2.75. The number of hydrogen-bond donors (Lipinski definition) is 0. The van der Waals surface area contributed by atoms with Crippen LogP contribution in [0, 0.1) is 11.3 Å². The number of ether oxygens (including phenoxy) is 1. The molecule has 2 fully saturated rings. The summed E-state index contributed by atoms with van der Waals surface area (Å²) in [5.74, 6) is 0.111. The van der Waals surface area contributed by atoms with Gasteiger partial charge in [-0.2, -0.15) is 5.26 Å². The predicted octanol–water partition coefficient (Wildman–Crippen LogP) is 1.00. The van der Waals surface area contributed by atoms with Gasteiger partial charge in [0.05, 0.1) is 6.07 Å². The molecule has 0 N–H and O–H groups in total. The van der Waals surface area contributed by atoms with E-state index in [1.165, 1.54) is 0 Å². The van der Waals surface area contributed by atoms with Crippen molar-refractivity contribution in [2.45, 2.75) is 44.8 Å². The van der Waals surface area contributed by atoms with Gasteiger partial charge in [0.25, 0.3) is 5.91 Å². The average molecular weight is 265 g/mol. The maximum atomic E-state index is 12.5. The highest BCUT2D eigenvalue weighted by Gasteiger charge is 2.42. The van der Waals surface area contributed by atoms with Crippen molar-refractivity contribution in [3.8, 4) is 6.07 Å². The molecule has 19 heavy (non-hydrogen) atoms. The van der Waals surface area contributed by atoms with Crippen LogP contribution in [0.25, 0.3) is 0 Å². The fourth-order valence-electron chi connectivity index (χ4n) is 2.82.